The Labute approximate surface area is 198 Å². The number of halogens is 1. The van der Waals surface area contributed by atoms with Crippen molar-refractivity contribution in [3.8, 4) is 5.75 Å². The number of likely N-dealkylation sites (tertiary alicyclic amines) is 1. The van der Waals surface area contributed by atoms with Crippen LogP contribution in [0.3, 0.4) is 0 Å². The van der Waals surface area contributed by atoms with Crippen molar-refractivity contribution in [2.75, 3.05) is 72.7 Å². The van der Waals surface area contributed by atoms with Gasteiger partial charge >= 0.3 is 0 Å². The molecule has 2 aliphatic heterocycles. The molecule has 0 aromatic heterocycles. The first-order chi connectivity index (χ1) is 14.3. The van der Waals surface area contributed by atoms with Gasteiger partial charge in [-0.25, -0.2) is 0 Å². The first-order valence-electron chi connectivity index (χ1n) is 10.8. The molecule has 2 fully saturated rings. The van der Waals surface area contributed by atoms with Crippen LogP contribution in [0.2, 0.25) is 0 Å². The van der Waals surface area contributed by atoms with Crippen LogP contribution in [-0.4, -0.2) is 88.5 Å². The van der Waals surface area contributed by atoms with E-state index < -0.39 is 0 Å². The Morgan fingerprint density at radius 2 is 2.03 bits per heavy atom. The predicted octanol–water partition coefficient (Wildman–Crippen LogP) is 2.45. The Morgan fingerprint density at radius 3 is 2.80 bits per heavy atom. The van der Waals surface area contributed by atoms with Crippen LogP contribution in [0, 0.1) is 5.92 Å². The van der Waals surface area contributed by atoms with E-state index in [1.807, 2.05) is 24.3 Å². The highest BCUT2D eigenvalue weighted by Crippen LogP contribution is 2.19. The summed E-state index contributed by atoms with van der Waals surface area (Å²) in [4.78, 5) is 9.72. The van der Waals surface area contributed by atoms with Crippen molar-refractivity contribution >= 4 is 29.9 Å². The topological polar surface area (TPSA) is 58.6 Å². The molecule has 2 heterocycles. The second kappa shape index (κ2) is 14.1. The molecule has 0 amide bonds. The fourth-order valence-electron chi connectivity index (χ4n) is 3.97. The summed E-state index contributed by atoms with van der Waals surface area (Å²) in [7, 11) is 1.69. The number of aliphatic imine (C=N–C) groups is 1. The minimum absolute atomic E-state index is 0. The summed E-state index contributed by atoms with van der Waals surface area (Å²) in [5, 5.41) is 3.44. The molecule has 1 N–H and O–H groups in total. The number of para-hydroxylation sites is 1. The molecule has 0 aliphatic carbocycles. The van der Waals surface area contributed by atoms with Crippen molar-refractivity contribution in [1.29, 1.82) is 0 Å². The van der Waals surface area contributed by atoms with Gasteiger partial charge in [0.05, 0.1) is 40.1 Å². The number of nitrogens with one attached hydrogen (secondary N) is 1. The van der Waals surface area contributed by atoms with Crippen molar-refractivity contribution in [2.24, 2.45) is 10.9 Å². The van der Waals surface area contributed by atoms with Crippen molar-refractivity contribution in [1.82, 2.24) is 15.1 Å². The minimum atomic E-state index is 0. The van der Waals surface area contributed by atoms with E-state index in [0.717, 1.165) is 63.2 Å². The van der Waals surface area contributed by atoms with E-state index in [1.165, 1.54) is 13.0 Å². The predicted molar refractivity (Wildman–Crippen MR) is 131 cm³/mol. The molecule has 3 rings (SSSR count). The highest BCUT2D eigenvalue weighted by atomic mass is 127. The van der Waals surface area contributed by atoms with Crippen LogP contribution < -0.4 is 10.1 Å². The zero-order valence-electron chi connectivity index (χ0n) is 18.3. The molecule has 1 atom stereocenters. The largest absolute Gasteiger partial charge is 0.496 e. The lowest BCUT2D eigenvalue weighted by molar-refractivity contribution is 0.0315. The fraction of sp³-hybridized carbons (Fsp3) is 0.682. The van der Waals surface area contributed by atoms with Crippen molar-refractivity contribution in [3.05, 3.63) is 29.8 Å². The Hall–Kier alpha value is -1.10. The third-order valence-corrected chi connectivity index (χ3v) is 5.49. The number of rotatable bonds is 9. The van der Waals surface area contributed by atoms with Crippen LogP contribution in [0.4, 0.5) is 0 Å². The number of methoxy groups -OCH3 is 1. The highest BCUT2D eigenvalue weighted by molar-refractivity contribution is 14.0. The van der Waals surface area contributed by atoms with Crippen LogP contribution in [-0.2, 0) is 16.1 Å². The lowest BCUT2D eigenvalue weighted by atomic mass is 10.1. The van der Waals surface area contributed by atoms with E-state index in [-0.39, 0.29) is 24.0 Å². The zero-order chi connectivity index (χ0) is 20.3. The first-order valence-corrected chi connectivity index (χ1v) is 10.8. The summed E-state index contributed by atoms with van der Waals surface area (Å²) in [5.74, 6) is 2.59. The summed E-state index contributed by atoms with van der Waals surface area (Å²) < 4.78 is 16.7. The molecule has 170 valence electrons. The van der Waals surface area contributed by atoms with Crippen LogP contribution in [0.5, 0.6) is 5.75 Å². The average molecular weight is 532 g/mol. The van der Waals surface area contributed by atoms with Gasteiger partial charge in [0.2, 0.25) is 0 Å². The molecule has 7 nitrogen and oxygen atoms in total. The fourth-order valence-corrected chi connectivity index (χ4v) is 3.97. The smallest absolute Gasteiger partial charge is 0.194 e. The molecule has 8 heteroatoms. The van der Waals surface area contributed by atoms with E-state index >= 15 is 0 Å². The van der Waals surface area contributed by atoms with E-state index in [1.54, 1.807) is 7.11 Å². The van der Waals surface area contributed by atoms with E-state index in [2.05, 4.69) is 22.0 Å². The quantitative estimate of drug-likeness (QED) is 0.228. The Kier molecular flexibility index (Phi) is 11.8. The first kappa shape index (κ1) is 25.2. The molecular weight excluding hydrogens is 495 g/mol. The van der Waals surface area contributed by atoms with Gasteiger partial charge < -0.3 is 24.4 Å². The lowest BCUT2D eigenvalue weighted by Crippen LogP contribution is -2.42. The summed E-state index contributed by atoms with van der Waals surface area (Å²) in [6.45, 7) is 12.0. The molecule has 0 bridgehead atoms. The Balaban J connectivity index is 0.00000320. The molecule has 0 spiro atoms. The monoisotopic (exact) mass is 532 g/mol. The summed E-state index contributed by atoms with van der Waals surface area (Å²) >= 11 is 0. The van der Waals surface area contributed by atoms with Gasteiger partial charge in [0.15, 0.2) is 5.96 Å². The van der Waals surface area contributed by atoms with E-state index in [0.29, 0.717) is 25.7 Å². The third-order valence-electron chi connectivity index (χ3n) is 5.49. The number of hydrogen-bond acceptors (Lipinski definition) is 5. The average Bonchev–Trinajstić information content (AvgIpc) is 3.22. The Morgan fingerprint density at radius 1 is 1.23 bits per heavy atom. The van der Waals surface area contributed by atoms with E-state index in [4.69, 9.17) is 19.2 Å². The second-order valence-electron chi connectivity index (χ2n) is 7.61. The number of ether oxygens (including phenoxy) is 3. The summed E-state index contributed by atoms with van der Waals surface area (Å²) in [5.41, 5.74) is 1.07. The zero-order valence-corrected chi connectivity index (χ0v) is 20.7. The van der Waals surface area contributed by atoms with Crippen LogP contribution in [0.25, 0.3) is 0 Å². The van der Waals surface area contributed by atoms with Crippen molar-refractivity contribution in [2.45, 2.75) is 20.0 Å². The summed E-state index contributed by atoms with van der Waals surface area (Å²) in [6, 6.07) is 7.97. The molecule has 1 aromatic carbocycles. The number of guanidine groups is 1. The number of hydrogen-bond donors (Lipinski definition) is 1. The lowest BCUT2D eigenvalue weighted by Gasteiger charge is -2.29. The van der Waals surface area contributed by atoms with Crippen molar-refractivity contribution in [3.63, 3.8) is 0 Å². The van der Waals surface area contributed by atoms with Gasteiger partial charge in [0, 0.05) is 44.8 Å². The Bertz CT molecular complexity index is 641. The van der Waals surface area contributed by atoms with Crippen molar-refractivity contribution < 1.29 is 14.2 Å². The highest BCUT2D eigenvalue weighted by Gasteiger charge is 2.27. The molecule has 0 saturated carbocycles. The second-order valence-corrected chi connectivity index (χ2v) is 7.61. The van der Waals surface area contributed by atoms with Gasteiger partial charge in [-0.15, -0.1) is 24.0 Å². The number of benzene rings is 1. The molecule has 1 aromatic rings. The molecule has 1 unspecified atom stereocenters. The molecule has 30 heavy (non-hydrogen) atoms. The SMILES string of the molecule is CCNC(=NCCOCc1ccccc1OC)N1CCC(CN2CCOCC2)C1.I. The molecule has 2 aliphatic rings. The van der Waals surface area contributed by atoms with Gasteiger partial charge in [0.25, 0.3) is 0 Å². The summed E-state index contributed by atoms with van der Waals surface area (Å²) in [6.07, 6.45) is 1.23. The molecule has 0 radical (unpaired) electrons. The van der Waals surface area contributed by atoms with Gasteiger partial charge in [-0.05, 0) is 25.3 Å². The van der Waals surface area contributed by atoms with Crippen LogP contribution in [0.15, 0.2) is 29.3 Å². The normalized spacial score (nSPS) is 20.1. The molecule has 2 saturated heterocycles. The number of morpholine rings is 1. The maximum absolute atomic E-state index is 5.82. The maximum atomic E-state index is 5.82. The van der Waals surface area contributed by atoms with Gasteiger partial charge in [0.1, 0.15) is 5.75 Å². The van der Waals surface area contributed by atoms with Gasteiger partial charge in [-0.1, -0.05) is 18.2 Å². The standard InChI is InChI=1S/C22H36N4O3.HI/c1-3-23-22(24-9-13-29-18-20-6-4-5-7-21(20)27-2)26-10-8-19(17-26)16-25-11-14-28-15-12-25;/h4-7,19H,3,8-18H2,1-2H3,(H,23,24);1H. The number of nitrogens with zero attached hydrogens (tertiary/aromatic N) is 3. The van der Waals surface area contributed by atoms with Crippen LogP contribution in [0.1, 0.15) is 18.9 Å². The van der Waals surface area contributed by atoms with Crippen LogP contribution >= 0.6 is 24.0 Å². The maximum Gasteiger partial charge on any atom is 0.194 e. The van der Waals surface area contributed by atoms with E-state index in [9.17, 15) is 0 Å². The van der Waals surface area contributed by atoms with Gasteiger partial charge in [-0.3, -0.25) is 9.89 Å². The van der Waals surface area contributed by atoms with Gasteiger partial charge in [-0.2, -0.15) is 0 Å². The third kappa shape index (κ3) is 7.86. The minimum Gasteiger partial charge on any atom is -0.496 e. The molecular formula is C22H37IN4O3.